The van der Waals surface area contributed by atoms with Gasteiger partial charge in [-0.05, 0) is 37.5 Å². The quantitative estimate of drug-likeness (QED) is 0.518. The van der Waals surface area contributed by atoms with E-state index in [0.717, 1.165) is 57.4 Å². The minimum absolute atomic E-state index is 0.0479. The van der Waals surface area contributed by atoms with Gasteiger partial charge in [-0.2, -0.15) is 0 Å². The zero-order chi connectivity index (χ0) is 20.5. The average molecular weight is 401 g/mol. The monoisotopic (exact) mass is 400 g/mol. The van der Waals surface area contributed by atoms with Gasteiger partial charge in [-0.1, -0.05) is 19.8 Å². The zero-order valence-electron chi connectivity index (χ0n) is 17.1. The van der Waals surface area contributed by atoms with Gasteiger partial charge in [-0.3, -0.25) is 9.59 Å². The van der Waals surface area contributed by atoms with E-state index in [4.69, 9.17) is 16.1 Å². The molecule has 29 heavy (non-hydrogen) atoms. The van der Waals surface area contributed by atoms with Crippen LogP contribution in [0.5, 0.6) is 0 Å². The maximum atomic E-state index is 12.6. The SMILES string of the molecule is CC1CN(CC2CC(C(N)=O)C2)CC1c1nc(NC2CCCC2)c(C=N)c(=O)[nH]1. The molecule has 8 heteroatoms. The van der Waals surface area contributed by atoms with Gasteiger partial charge in [0.2, 0.25) is 5.91 Å². The van der Waals surface area contributed by atoms with E-state index >= 15 is 0 Å². The average Bonchev–Trinajstić information content (AvgIpc) is 3.26. The van der Waals surface area contributed by atoms with Crippen molar-refractivity contribution in [3.05, 3.63) is 21.7 Å². The largest absolute Gasteiger partial charge is 0.369 e. The summed E-state index contributed by atoms with van der Waals surface area (Å²) in [6, 6.07) is 0.338. The van der Waals surface area contributed by atoms with Crippen LogP contribution < -0.4 is 16.6 Å². The van der Waals surface area contributed by atoms with Crippen molar-refractivity contribution in [2.45, 2.75) is 57.4 Å². The summed E-state index contributed by atoms with van der Waals surface area (Å²) in [4.78, 5) is 34.0. The van der Waals surface area contributed by atoms with Gasteiger partial charge in [-0.15, -0.1) is 0 Å². The van der Waals surface area contributed by atoms with Crippen molar-refractivity contribution in [1.29, 1.82) is 5.41 Å². The molecule has 5 N–H and O–H groups in total. The molecular weight excluding hydrogens is 368 g/mol. The summed E-state index contributed by atoms with van der Waals surface area (Å²) in [6.45, 7) is 4.99. The van der Waals surface area contributed by atoms with E-state index in [0.29, 0.717) is 29.3 Å². The minimum Gasteiger partial charge on any atom is -0.369 e. The Morgan fingerprint density at radius 3 is 2.72 bits per heavy atom. The summed E-state index contributed by atoms with van der Waals surface area (Å²) in [7, 11) is 0. The van der Waals surface area contributed by atoms with Crippen molar-refractivity contribution in [3.8, 4) is 0 Å². The smallest absolute Gasteiger partial charge is 0.261 e. The van der Waals surface area contributed by atoms with Crippen molar-refractivity contribution in [2.75, 3.05) is 25.0 Å². The maximum Gasteiger partial charge on any atom is 0.261 e. The predicted molar refractivity (Wildman–Crippen MR) is 112 cm³/mol. The first-order valence-corrected chi connectivity index (χ1v) is 10.9. The molecule has 2 unspecified atom stereocenters. The second-order valence-corrected chi connectivity index (χ2v) is 9.22. The minimum atomic E-state index is -0.237. The molecule has 2 atom stereocenters. The standard InChI is InChI=1S/C21H32N6O2/c1-12-9-27(10-13-6-14(7-13)18(23)28)11-17(12)20-25-19(16(8-22)21(29)26-20)24-15-4-2-3-5-15/h8,12-15,17,22H,2-7,9-11H2,1H3,(H2,23,28)(H2,24,25,26,29). The van der Waals surface area contributed by atoms with Crippen LogP contribution in [-0.4, -0.2) is 52.7 Å². The molecule has 158 valence electrons. The van der Waals surface area contributed by atoms with Gasteiger partial charge in [0.15, 0.2) is 0 Å². The Kier molecular flexibility index (Phi) is 5.72. The van der Waals surface area contributed by atoms with Gasteiger partial charge >= 0.3 is 0 Å². The van der Waals surface area contributed by atoms with Crippen molar-refractivity contribution in [3.63, 3.8) is 0 Å². The summed E-state index contributed by atoms with van der Waals surface area (Å²) < 4.78 is 0. The summed E-state index contributed by atoms with van der Waals surface area (Å²) >= 11 is 0. The summed E-state index contributed by atoms with van der Waals surface area (Å²) in [6.07, 6.45) is 7.45. The van der Waals surface area contributed by atoms with Crippen LogP contribution in [0.1, 0.15) is 62.8 Å². The number of rotatable bonds is 7. The lowest BCUT2D eigenvalue weighted by Crippen LogP contribution is -2.40. The van der Waals surface area contributed by atoms with Gasteiger partial charge < -0.3 is 26.3 Å². The Morgan fingerprint density at radius 2 is 2.07 bits per heavy atom. The molecule has 0 aromatic carbocycles. The van der Waals surface area contributed by atoms with Crippen LogP contribution in [0.25, 0.3) is 0 Å². The van der Waals surface area contributed by atoms with Crippen molar-refractivity contribution in [1.82, 2.24) is 14.9 Å². The third kappa shape index (κ3) is 4.22. The van der Waals surface area contributed by atoms with Crippen molar-refractivity contribution < 1.29 is 4.79 Å². The Hall–Kier alpha value is -2.22. The molecule has 4 rings (SSSR count). The lowest BCUT2D eigenvalue weighted by atomic mass is 9.74. The van der Waals surface area contributed by atoms with Gasteiger partial charge in [0.1, 0.15) is 11.6 Å². The molecule has 2 heterocycles. The molecule has 8 nitrogen and oxygen atoms in total. The van der Waals surface area contributed by atoms with Crippen LogP contribution in [0.15, 0.2) is 4.79 Å². The van der Waals surface area contributed by atoms with E-state index < -0.39 is 0 Å². The Morgan fingerprint density at radius 1 is 1.34 bits per heavy atom. The molecule has 1 aromatic heterocycles. The highest BCUT2D eigenvalue weighted by Crippen LogP contribution is 2.37. The predicted octanol–water partition coefficient (Wildman–Crippen LogP) is 1.67. The van der Waals surface area contributed by atoms with Gasteiger partial charge in [0, 0.05) is 43.7 Å². The number of H-pyrrole nitrogens is 1. The second-order valence-electron chi connectivity index (χ2n) is 9.22. The number of aromatic amines is 1. The number of likely N-dealkylation sites (tertiary alicyclic amines) is 1. The van der Waals surface area contributed by atoms with Crippen LogP contribution in [-0.2, 0) is 4.79 Å². The van der Waals surface area contributed by atoms with Crippen LogP contribution in [0.4, 0.5) is 5.82 Å². The fourth-order valence-corrected chi connectivity index (χ4v) is 5.24. The number of primary amides is 1. The number of nitrogens with one attached hydrogen (secondary N) is 3. The molecule has 0 spiro atoms. The van der Waals surface area contributed by atoms with Crippen LogP contribution in [0, 0.1) is 23.2 Å². The molecule has 1 amide bonds. The molecule has 3 aliphatic rings. The lowest BCUT2D eigenvalue weighted by Gasteiger charge is -2.35. The van der Waals surface area contributed by atoms with E-state index in [-0.39, 0.29) is 23.3 Å². The number of hydrogen-bond donors (Lipinski definition) is 4. The number of anilines is 1. The Labute approximate surface area is 171 Å². The fraction of sp³-hybridized carbons (Fsp3) is 0.714. The number of nitrogens with two attached hydrogens (primary N) is 1. The Bertz CT molecular complexity index is 825. The molecule has 0 radical (unpaired) electrons. The first-order chi connectivity index (χ1) is 13.9. The molecule has 1 aliphatic heterocycles. The molecule has 2 aliphatic carbocycles. The van der Waals surface area contributed by atoms with Gasteiger partial charge in [0.25, 0.3) is 5.56 Å². The van der Waals surface area contributed by atoms with E-state index in [1.807, 2.05) is 0 Å². The van der Waals surface area contributed by atoms with E-state index in [2.05, 4.69) is 22.1 Å². The molecule has 3 fully saturated rings. The molecular formula is C21H32N6O2. The zero-order valence-corrected chi connectivity index (χ0v) is 17.1. The Balaban J connectivity index is 1.46. The van der Waals surface area contributed by atoms with Crippen LogP contribution in [0.2, 0.25) is 0 Å². The number of hydrogen-bond acceptors (Lipinski definition) is 6. The van der Waals surface area contributed by atoms with E-state index in [1.165, 1.54) is 12.8 Å². The molecule has 2 saturated carbocycles. The van der Waals surface area contributed by atoms with Crippen LogP contribution >= 0.6 is 0 Å². The van der Waals surface area contributed by atoms with Crippen molar-refractivity contribution in [2.24, 2.45) is 23.5 Å². The number of nitrogens with zero attached hydrogens (tertiary/aromatic N) is 2. The third-order valence-corrected chi connectivity index (χ3v) is 7.01. The molecule has 0 bridgehead atoms. The number of carbonyl (C=O) groups is 1. The van der Waals surface area contributed by atoms with E-state index in [9.17, 15) is 9.59 Å². The normalized spacial score (nSPS) is 30.2. The fourth-order valence-electron chi connectivity index (χ4n) is 5.24. The second kappa shape index (κ2) is 8.26. The summed E-state index contributed by atoms with van der Waals surface area (Å²) in [5, 5.41) is 11.1. The molecule has 1 aromatic rings. The van der Waals surface area contributed by atoms with Gasteiger partial charge in [-0.25, -0.2) is 4.98 Å². The highest BCUT2D eigenvalue weighted by Gasteiger charge is 2.38. The van der Waals surface area contributed by atoms with E-state index in [1.54, 1.807) is 0 Å². The number of aromatic nitrogens is 2. The first-order valence-electron chi connectivity index (χ1n) is 10.9. The first kappa shape index (κ1) is 20.1. The van der Waals surface area contributed by atoms with Gasteiger partial charge in [0.05, 0.1) is 5.56 Å². The maximum absolute atomic E-state index is 12.6. The number of amides is 1. The van der Waals surface area contributed by atoms with Crippen molar-refractivity contribution >= 4 is 17.9 Å². The lowest BCUT2D eigenvalue weighted by molar-refractivity contribution is -0.126. The molecule has 1 saturated heterocycles. The third-order valence-electron chi connectivity index (χ3n) is 7.01. The highest BCUT2D eigenvalue weighted by molar-refractivity contribution is 5.83. The van der Waals surface area contributed by atoms with Crippen LogP contribution in [0.3, 0.4) is 0 Å². The summed E-state index contributed by atoms with van der Waals surface area (Å²) in [5.74, 6) is 2.23. The highest BCUT2D eigenvalue weighted by atomic mass is 16.1. The number of carbonyl (C=O) groups excluding carboxylic acids is 1. The summed E-state index contributed by atoms with van der Waals surface area (Å²) in [5.41, 5.74) is 5.46. The topological polar surface area (TPSA) is 128 Å².